The van der Waals surface area contributed by atoms with Gasteiger partial charge in [0.05, 0.1) is 19.3 Å². The Bertz CT molecular complexity index is 605. The monoisotopic (exact) mass is 361 g/mol. The first-order valence-corrected chi connectivity index (χ1v) is 9.25. The highest BCUT2D eigenvalue weighted by atomic mass is 16.5. The Morgan fingerprint density at radius 1 is 1.38 bits per heavy atom. The van der Waals surface area contributed by atoms with Crippen molar-refractivity contribution < 1.29 is 9.53 Å². The van der Waals surface area contributed by atoms with Crippen LogP contribution in [0.5, 0.6) is 0 Å². The van der Waals surface area contributed by atoms with Crippen molar-refractivity contribution in [3.05, 3.63) is 35.4 Å². The molecular weight excluding hydrogens is 330 g/mol. The van der Waals surface area contributed by atoms with Gasteiger partial charge in [-0.15, -0.1) is 0 Å². The molecule has 1 saturated heterocycles. The largest absolute Gasteiger partial charge is 0.374 e. The summed E-state index contributed by atoms with van der Waals surface area (Å²) in [5.74, 6) is 0.735. The summed E-state index contributed by atoms with van der Waals surface area (Å²) in [5.41, 5.74) is 1.80. The molecule has 0 spiro atoms. The highest BCUT2D eigenvalue weighted by Gasteiger charge is 2.17. The van der Waals surface area contributed by atoms with E-state index in [1.165, 1.54) is 0 Å². The van der Waals surface area contributed by atoms with Crippen LogP contribution in [0.25, 0.3) is 0 Å². The molecule has 0 saturated carbocycles. The summed E-state index contributed by atoms with van der Waals surface area (Å²) < 4.78 is 5.75. The molecule has 1 aliphatic heterocycles. The molecule has 1 atom stereocenters. The highest BCUT2D eigenvalue weighted by molar-refractivity contribution is 5.94. The number of rotatable bonds is 7. The number of hydrogen-bond donors (Lipinski definition) is 3. The molecule has 0 radical (unpaired) electrons. The summed E-state index contributed by atoms with van der Waals surface area (Å²) in [4.78, 5) is 18.6. The average molecular weight is 361 g/mol. The van der Waals surface area contributed by atoms with E-state index in [0.717, 1.165) is 50.7 Å². The first kappa shape index (κ1) is 20.2. The van der Waals surface area contributed by atoms with E-state index in [2.05, 4.69) is 39.8 Å². The van der Waals surface area contributed by atoms with Crippen LogP contribution in [0.15, 0.2) is 29.3 Å². The van der Waals surface area contributed by atoms with Crippen LogP contribution in [-0.4, -0.2) is 76.3 Å². The summed E-state index contributed by atoms with van der Waals surface area (Å²) in [6.07, 6.45) is 0.964. The van der Waals surface area contributed by atoms with E-state index < -0.39 is 0 Å². The second-order valence-electron chi connectivity index (χ2n) is 6.43. The van der Waals surface area contributed by atoms with Gasteiger partial charge in [0.2, 0.25) is 0 Å². The van der Waals surface area contributed by atoms with Crippen LogP contribution >= 0.6 is 0 Å². The Hall–Kier alpha value is -2.12. The Labute approximate surface area is 156 Å². The van der Waals surface area contributed by atoms with Crippen molar-refractivity contribution in [2.75, 3.05) is 53.4 Å². The van der Waals surface area contributed by atoms with Crippen LogP contribution in [-0.2, 0) is 11.2 Å². The Balaban J connectivity index is 1.84. The van der Waals surface area contributed by atoms with Gasteiger partial charge < -0.3 is 25.6 Å². The van der Waals surface area contributed by atoms with Crippen molar-refractivity contribution in [3.63, 3.8) is 0 Å². The number of nitrogens with zero attached hydrogens (tertiary/aromatic N) is 2. The number of likely N-dealkylation sites (N-methyl/N-ethyl adjacent to an activating group) is 1. The lowest BCUT2D eigenvalue weighted by molar-refractivity contribution is -0.0136. The molecule has 1 heterocycles. The maximum absolute atomic E-state index is 11.7. The van der Waals surface area contributed by atoms with Crippen LogP contribution in [0.2, 0.25) is 0 Å². The molecular formula is C19H31N5O2. The van der Waals surface area contributed by atoms with Gasteiger partial charge in [-0.05, 0) is 38.1 Å². The lowest BCUT2D eigenvalue weighted by Crippen LogP contribution is -2.43. The van der Waals surface area contributed by atoms with Crippen molar-refractivity contribution in [3.8, 4) is 0 Å². The zero-order chi connectivity index (χ0) is 18.8. The van der Waals surface area contributed by atoms with E-state index in [9.17, 15) is 4.79 Å². The van der Waals surface area contributed by atoms with Crippen LogP contribution < -0.4 is 16.0 Å². The second-order valence-corrected chi connectivity index (χ2v) is 6.43. The van der Waals surface area contributed by atoms with E-state index >= 15 is 0 Å². The normalized spacial score (nSPS) is 18.4. The number of ether oxygens (including phenoxy) is 1. The predicted octanol–water partition coefficient (Wildman–Crippen LogP) is 0.474. The van der Waals surface area contributed by atoms with Gasteiger partial charge in [-0.3, -0.25) is 9.79 Å². The summed E-state index contributed by atoms with van der Waals surface area (Å²) in [6.45, 7) is 6.91. The fraction of sp³-hybridized carbons (Fsp3) is 0.579. The lowest BCUT2D eigenvalue weighted by Gasteiger charge is -2.29. The van der Waals surface area contributed by atoms with Crippen molar-refractivity contribution in [2.45, 2.75) is 19.4 Å². The molecule has 0 bridgehead atoms. The first-order chi connectivity index (χ1) is 12.6. The molecule has 0 aromatic heterocycles. The molecule has 144 valence electrons. The number of benzene rings is 1. The predicted molar refractivity (Wildman–Crippen MR) is 105 cm³/mol. The van der Waals surface area contributed by atoms with Gasteiger partial charge in [0.15, 0.2) is 5.96 Å². The third-order valence-corrected chi connectivity index (χ3v) is 4.26. The molecule has 3 N–H and O–H groups in total. The number of amides is 1. The second kappa shape index (κ2) is 10.8. The van der Waals surface area contributed by atoms with Crippen molar-refractivity contribution in [1.82, 2.24) is 20.9 Å². The quantitative estimate of drug-likeness (QED) is 0.486. The van der Waals surface area contributed by atoms with E-state index in [0.29, 0.717) is 12.1 Å². The highest BCUT2D eigenvalue weighted by Crippen LogP contribution is 2.06. The van der Waals surface area contributed by atoms with Gasteiger partial charge in [0.25, 0.3) is 5.91 Å². The fourth-order valence-corrected chi connectivity index (χ4v) is 2.85. The van der Waals surface area contributed by atoms with E-state index in [-0.39, 0.29) is 12.0 Å². The van der Waals surface area contributed by atoms with Gasteiger partial charge in [0, 0.05) is 38.8 Å². The van der Waals surface area contributed by atoms with E-state index in [4.69, 9.17) is 4.74 Å². The van der Waals surface area contributed by atoms with Crippen molar-refractivity contribution >= 4 is 11.9 Å². The molecule has 1 unspecified atom stereocenters. The van der Waals surface area contributed by atoms with Gasteiger partial charge in [-0.1, -0.05) is 12.1 Å². The number of carbonyl (C=O) groups excluding carboxylic acids is 1. The smallest absolute Gasteiger partial charge is 0.251 e. The van der Waals surface area contributed by atoms with Crippen LogP contribution in [0.1, 0.15) is 22.8 Å². The van der Waals surface area contributed by atoms with Gasteiger partial charge >= 0.3 is 0 Å². The zero-order valence-corrected chi connectivity index (χ0v) is 16.0. The number of hydrogen-bond acceptors (Lipinski definition) is 4. The number of nitrogens with one attached hydrogen (secondary N) is 3. The molecule has 1 amide bonds. The molecule has 26 heavy (non-hydrogen) atoms. The maximum Gasteiger partial charge on any atom is 0.251 e. The Kier molecular flexibility index (Phi) is 8.37. The molecule has 0 aliphatic carbocycles. The zero-order valence-electron chi connectivity index (χ0n) is 16.0. The minimum atomic E-state index is -0.0628. The average Bonchev–Trinajstić information content (AvgIpc) is 2.66. The first-order valence-electron chi connectivity index (χ1n) is 9.25. The summed E-state index contributed by atoms with van der Waals surface area (Å²) >= 11 is 0. The molecule has 2 rings (SSSR count). The number of guanidine groups is 1. The van der Waals surface area contributed by atoms with E-state index in [1.807, 2.05) is 24.3 Å². The molecule has 1 aliphatic rings. The topological polar surface area (TPSA) is 78.0 Å². The molecule has 1 aromatic rings. The van der Waals surface area contributed by atoms with Crippen LogP contribution in [0, 0.1) is 0 Å². The standard InChI is InChI=1S/C19H31N5O2/c1-4-21-19(23-13-17-14-24(3)10-11-26-17)22-9-8-15-6-5-7-16(12-15)18(25)20-2/h5-7,12,17H,4,8-11,13-14H2,1-3H3,(H,20,25)(H2,21,22,23). The third kappa shape index (κ3) is 6.65. The summed E-state index contributed by atoms with van der Waals surface area (Å²) in [7, 11) is 3.75. The molecule has 1 fully saturated rings. The maximum atomic E-state index is 11.7. The summed E-state index contributed by atoms with van der Waals surface area (Å²) in [6, 6.07) is 7.69. The fourth-order valence-electron chi connectivity index (χ4n) is 2.85. The van der Waals surface area contributed by atoms with Gasteiger partial charge in [0.1, 0.15) is 0 Å². The van der Waals surface area contributed by atoms with Gasteiger partial charge in [-0.25, -0.2) is 0 Å². The molecule has 7 heteroatoms. The van der Waals surface area contributed by atoms with Crippen molar-refractivity contribution in [2.24, 2.45) is 4.99 Å². The Morgan fingerprint density at radius 2 is 2.23 bits per heavy atom. The number of aliphatic imine (C=N–C) groups is 1. The minimum Gasteiger partial charge on any atom is -0.374 e. The number of carbonyl (C=O) groups is 1. The minimum absolute atomic E-state index is 0.0628. The third-order valence-electron chi connectivity index (χ3n) is 4.26. The van der Waals surface area contributed by atoms with Gasteiger partial charge in [-0.2, -0.15) is 0 Å². The molecule has 7 nitrogen and oxygen atoms in total. The number of morpholine rings is 1. The summed E-state index contributed by atoms with van der Waals surface area (Å²) in [5, 5.41) is 9.27. The van der Waals surface area contributed by atoms with Crippen molar-refractivity contribution in [1.29, 1.82) is 0 Å². The Morgan fingerprint density at radius 3 is 2.96 bits per heavy atom. The molecule has 1 aromatic carbocycles. The van der Waals surface area contributed by atoms with Crippen LogP contribution in [0.3, 0.4) is 0 Å². The van der Waals surface area contributed by atoms with Crippen LogP contribution in [0.4, 0.5) is 0 Å². The SMILES string of the molecule is CCNC(=NCC1CN(C)CCO1)NCCc1cccc(C(=O)NC)c1. The van der Waals surface area contributed by atoms with E-state index in [1.54, 1.807) is 7.05 Å². The lowest BCUT2D eigenvalue weighted by atomic mass is 10.1.